The first-order chi connectivity index (χ1) is 18.2. The van der Waals surface area contributed by atoms with Crippen LogP contribution in [0.25, 0.3) is 0 Å². The third kappa shape index (κ3) is 5.90. The highest BCUT2D eigenvalue weighted by Crippen LogP contribution is 2.21. The fourth-order valence-electron chi connectivity index (χ4n) is 3.58. The van der Waals surface area contributed by atoms with Gasteiger partial charge in [0.15, 0.2) is 12.4 Å². The molecule has 194 valence electrons. The zero-order valence-electron chi connectivity index (χ0n) is 19.5. The predicted octanol–water partition coefficient (Wildman–Crippen LogP) is 2.33. The number of benzene rings is 2. The highest BCUT2D eigenvalue weighted by atomic mass is 16.6. The first kappa shape index (κ1) is 25.8. The molecule has 13 nitrogen and oxygen atoms in total. The molecule has 4 rings (SSSR count). The molecule has 0 spiro atoms. The van der Waals surface area contributed by atoms with Crippen LogP contribution in [0.5, 0.6) is 5.75 Å². The molecular formula is C25H19N3O10. The van der Waals surface area contributed by atoms with Crippen molar-refractivity contribution in [1.29, 1.82) is 0 Å². The van der Waals surface area contributed by atoms with Gasteiger partial charge in [-0.2, -0.15) is 0 Å². The largest absolute Gasteiger partial charge is 0.457 e. The van der Waals surface area contributed by atoms with Crippen LogP contribution in [0.1, 0.15) is 37.7 Å². The lowest BCUT2D eigenvalue weighted by Crippen LogP contribution is -2.43. The summed E-state index contributed by atoms with van der Waals surface area (Å²) in [6.45, 7) is -0.828. The standard InChI is InChI=1S/C25H19N3O10/c29-20(15-7-9-17(10-8-15)38-25(33)21-6-3-11-36-21)14-37-24(32)16-12-22(30)27(13-16)26-23(31)18-4-1-2-5-19(18)28(34)35/h1-11,16H,12-14H2,(H,26,31)/t16-/m1/s1. The summed E-state index contributed by atoms with van der Waals surface area (Å²) in [5, 5.41) is 12.0. The topological polar surface area (TPSA) is 175 Å². The molecule has 0 bridgehead atoms. The van der Waals surface area contributed by atoms with Gasteiger partial charge < -0.3 is 13.9 Å². The molecule has 1 N–H and O–H groups in total. The molecule has 2 amide bonds. The number of hydrazine groups is 1. The van der Waals surface area contributed by atoms with E-state index in [0.717, 1.165) is 11.1 Å². The number of hydrogen-bond donors (Lipinski definition) is 1. The van der Waals surface area contributed by atoms with Crippen LogP contribution in [-0.4, -0.2) is 52.6 Å². The van der Waals surface area contributed by atoms with E-state index in [-0.39, 0.29) is 35.6 Å². The van der Waals surface area contributed by atoms with Crippen LogP contribution < -0.4 is 10.2 Å². The van der Waals surface area contributed by atoms with E-state index in [4.69, 9.17) is 13.9 Å². The number of ketones is 1. The number of hydrogen-bond acceptors (Lipinski definition) is 10. The van der Waals surface area contributed by atoms with Crippen molar-refractivity contribution in [3.05, 3.63) is 93.9 Å². The lowest BCUT2D eigenvalue weighted by Gasteiger charge is -2.17. The second kappa shape index (κ2) is 11.2. The number of nitro benzene ring substituents is 1. The van der Waals surface area contributed by atoms with Gasteiger partial charge in [-0.3, -0.25) is 39.7 Å². The van der Waals surface area contributed by atoms with Gasteiger partial charge in [0, 0.05) is 18.1 Å². The molecule has 1 fully saturated rings. The fourth-order valence-corrected chi connectivity index (χ4v) is 3.58. The summed E-state index contributed by atoms with van der Waals surface area (Å²) in [5.41, 5.74) is 1.78. The number of furan rings is 1. The molecule has 1 atom stereocenters. The van der Waals surface area contributed by atoms with E-state index >= 15 is 0 Å². The smallest absolute Gasteiger partial charge is 0.379 e. The number of ether oxygens (including phenoxy) is 2. The van der Waals surface area contributed by atoms with Crippen LogP contribution in [0, 0.1) is 16.0 Å². The zero-order valence-corrected chi connectivity index (χ0v) is 19.5. The Kier molecular flexibility index (Phi) is 7.56. The lowest BCUT2D eigenvalue weighted by atomic mass is 10.1. The van der Waals surface area contributed by atoms with E-state index in [1.807, 2.05) is 0 Å². The molecule has 2 heterocycles. The van der Waals surface area contributed by atoms with Gasteiger partial charge in [0.1, 0.15) is 11.3 Å². The van der Waals surface area contributed by atoms with Crippen molar-refractivity contribution in [2.24, 2.45) is 5.92 Å². The molecule has 2 aromatic carbocycles. The van der Waals surface area contributed by atoms with Crippen molar-refractivity contribution >= 4 is 35.2 Å². The van der Waals surface area contributed by atoms with Crippen LogP contribution in [0.3, 0.4) is 0 Å². The summed E-state index contributed by atoms with van der Waals surface area (Å²) < 4.78 is 15.1. The molecule has 1 aliphatic heterocycles. The van der Waals surface area contributed by atoms with E-state index in [0.29, 0.717) is 0 Å². The van der Waals surface area contributed by atoms with Crippen LogP contribution in [0.4, 0.5) is 5.69 Å². The average Bonchev–Trinajstić information content (AvgIpc) is 3.58. The van der Waals surface area contributed by atoms with Gasteiger partial charge in [-0.05, 0) is 42.5 Å². The average molecular weight is 521 g/mol. The summed E-state index contributed by atoms with van der Waals surface area (Å²) in [7, 11) is 0. The van der Waals surface area contributed by atoms with Crippen molar-refractivity contribution in [2.75, 3.05) is 13.2 Å². The number of para-hydroxylation sites is 1. The van der Waals surface area contributed by atoms with Gasteiger partial charge in [0.25, 0.3) is 11.6 Å². The number of esters is 2. The Hall–Kier alpha value is -5.33. The normalized spacial score (nSPS) is 14.6. The summed E-state index contributed by atoms with van der Waals surface area (Å²) in [6.07, 6.45) is 1.05. The molecular weight excluding hydrogens is 502 g/mol. The number of nitro groups is 1. The minimum atomic E-state index is -0.954. The summed E-state index contributed by atoms with van der Waals surface area (Å²) in [6, 6.07) is 13.8. The van der Waals surface area contributed by atoms with E-state index in [1.165, 1.54) is 60.9 Å². The number of carbonyl (C=O) groups is 5. The van der Waals surface area contributed by atoms with Crippen molar-refractivity contribution in [1.82, 2.24) is 10.4 Å². The number of amides is 2. The Morgan fingerprint density at radius 2 is 1.79 bits per heavy atom. The maximum Gasteiger partial charge on any atom is 0.379 e. The fraction of sp³-hybridized carbons (Fsp3) is 0.160. The van der Waals surface area contributed by atoms with Crippen molar-refractivity contribution in [2.45, 2.75) is 6.42 Å². The van der Waals surface area contributed by atoms with Crippen molar-refractivity contribution in [3.63, 3.8) is 0 Å². The Morgan fingerprint density at radius 1 is 1.05 bits per heavy atom. The quantitative estimate of drug-likeness (QED) is 0.145. The zero-order chi connectivity index (χ0) is 27.2. The summed E-state index contributed by atoms with van der Waals surface area (Å²) in [4.78, 5) is 71.9. The molecule has 38 heavy (non-hydrogen) atoms. The van der Waals surface area contributed by atoms with E-state index in [2.05, 4.69) is 5.43 Å². The molecule has 1 aromatic heterocycles. The third-order valence-electron chi connectivity index (χ3n) is 5.49. The number of carbonyl (C=O) groups excluding carboxylic acids is 5. The predicted molar refractivity (Wildman–Crippen MR) is 126 cm³/mol. The highest BCUT2D eigenvalue weighted by Gasteiger charge is 2.37. The lowest BCUT2D eigenvalue weighted by molar-refractivity contribution is -0.385. The van der Waals surface area contributed by atoms with Gasteiger partial charge >= 0.3 is 11.9 Å². The number of nitrogens with zero attached hydrogens (tertiary/aromatic N) is 2. The van der Waals surface area contributed by atoms with E-state index < -0.39 is 52.7 Å². The second-order valence-electron chi connectivity index (χ2n) is 8.04. The molecule has 1 aliphatic rings. The SMILES string of the molecule is O=C(COC(=O)[C@@H]1CC(=O)N(NC(=O)c2ccccc2[N+](=O)[O-])C1)c1ccc(OC(=O)c2ccco2)cc1. The van der Waals surface area contributed by atoms with Gasteiger partial charge in [0.2, 0.25) is 11.7 Å². The molecule has 3 aromatic rings. The monoisotopic (exact) mass is 521 g/mol. The molecule has 13 heteroatoms. The number of nitrogens with one attached hydrogen (secondary N) is 1. The highest BCUT2D eigenvalue weighted by molar-refractivity contribution is 6.00. The van der Waals surface area contributed by atoms with E-state index in [9.17, 15) is 34.1 Å². The third-order valence-corrected chi connectivity index (χ3v) is 5.49. The molecule has 0 aliphatic carbocycles. The maximum atomic E-state index is 12.5. The first-order valence-electron chi connectivity index (χ1n) is 11.1. The Labute approximate surface area is 214 Å². The van der Waals surface area contributed by atoms with Crippen LogP contribution in [0.2, 0.25) is 0 Å². The minimum absolute atomic E-state index is 0.0157. The molecule has 0 saturated carbocycles. The number of Topliss-reactive ketones (excluding diaryl/α,β-unsaturated/α-hetero) is 1. The Bertz CT molecular complexity index is 1400. The van der Waals surface area contributed by atoms with Crippen LogP contribution in [-0.2, 0) is 14.3 Å². The summed E-state index contributed by atoms with van der Waals surface area (Å²) in [5.74, 6) is -4.30. The molecule has 0 radical (unpaired) electrons. The Morgan fingerprint density at radius 3 is 2.47 bits per heavy atom. The number of rotatable bonds is 9. The molecule has 1 saturated heterocycles. The summed E-state index contributed by atoms with van der Waals surface area (Å²) >= 11 is 0. The van der Waals surface area contributed by atoms with Gasteiger partial charge in [0.05, 0.1) is 23.6 Å². The van der Waals surface area contributed by atoms with Gasteiger partial charge in [-0.15, -0.1) is 0 Å². The second-order valence-corrected chi connectivity index (χ2v) is 8.04. The van der Waals surface area contributed by atoms with Gasteiger partial charge in [-0.1, -0.05) is 12.1 Å². The van der Waals surface area contributed by atoms with Crippen LogP contribution >= 0.6 is 0 Å². The van der Waals surface area contributed by atoms with Gasteiger partial charge in [-0.25, -0.2) is 4.79 Å². The first-order valence-corrected chi connectivity index (χ1v) is 11.1. The maximum absolute atomic E-state index is 12.5. The van der Waals surface area contributed by atoms with Crippen LogP contribution in [0.15, 0.2) is 71.3 Å². The minimum Gasteiger partial charge on any atom is -0.457 e. The van der Waals surface area contributed by atoms with E-state index in [1.54, 1.807) is 0 Å². The van der Waals surface area contributed by atoms with Crippen molar-refractivity contribution < 1.29 is 42.8 Å². The van der Waals surface area contributed by atoms with Crippen molar-refractivity contribution in [3.8, 4) is 5.75 Å². The molecule has 0 unspecified atom stereocenters. The Balaban J connectivity index is 1.27.